The van der Waals surface area contributed by atoms with E-state index in [1.807, 2.05) is 30.3 Å². The normalized spacial score (nSPS) is 20.7. The molecular formula is C18H18N2O2. The lowest BCUT2D eigenvalue weighted by Gasteiger charge is -2.22. The first-order valence-corrected chi connectivity index (χ1v) is 7.97. The van der Waals surface area contributed by atoms with E-state index in [1.54, 1.807) is 0 Å². The van der Waals surface area contributed by atoms with Gasteiger partial charge in [-0.1, -0.05) is 37.5 Å². The number of benzene rings is 1. The van der Waals surface area contributed by atoms with Gasteiger partial charge in [0, 0.05) is 17.2 Å². The van der Waals surface area contributed by atoms with Crippen LogP contribution in [0.25, 0.3) is 5.57 Å². The van der Waals surface area contributed by atoms with Crippen molar-refractivity contribution in [3.05, 3.63) is 35.9 Å². The van der Waals surface area contributed by atoms with Crippen molar-refractivity contribution in [2.45, 2.75) is 32.1 Å². The zero-order chi connectivity index (χ0) is 14.9. The van der Waals surface area contributed by atoms with Crippen LogP contribution in [0.2, 0.25) is 0 Å². The maximum Gasteiger partial charge on any atom is 0.299 e. The Hall–Kier alpha value is -2.23. The molecule has 2 heterocycles. The summed E-state index contributed by atoms with van der Waals surface area (Å²) in [5, 5.41) is 0. The third kappa shape index (κ3) is 2.39. The molecule has 0 radical (unpaired) electrons. The molecule has 0 aromatic heterocycles. The number of fused-ring (bicyclic) bond motifs is 3. The third-order valence-corrected chi connectivity index (χ3v) is 4.56. The monoisotopic (exact) mass is 294 g/mol. The topological polar surface area (TPSA) is 51.0 Å². The Morgan fingerprint density at radius 1 is 1.09 bits per heavy atom. The second-order valence-corrected chi connectivity index (χ2v) is 6.11. The fourth-order valence-corrected chi connectivity index (χ4v) is 3.36. The minimum Gasteiger partial charge on any atom is -0.477 e. The van der Waals surface area contributed by atoms with Crippen molar-refractivity contribution in [2.24, 2.45) is 15.9 Å². The Balaban J connectivity index is 1.53. The van der Waals surface area contributed by atoms with Crippen LogP contribution < -0.4 is 0 Å². The number of rotatable bonds is 2. The number of ether oxygens (including phenoxy) is 1. The average molecular weight is 294 g/mol. The molecule has 1 saturated carbocycles. The van der Waals surface area contributed by atoms with Crippen LogP contribution in [-0.4, -0.2) is 24.1 Å². The molecule has 0 saturated heterocycles. The van der Waals surface area contributed by atoms with E-state index in [2.05, 4.69) is 9.98 Å². The van der Waals surface area contributed by atoms with Gasteiger partial charge in [0.15, 0.2) is 0 Å². The third-order valence-electron chi connectivity index (χ3n) is 4.56. The van der Waals surface area contributed by atoms with Gasteiger partial charge in [-0.15, -0.1) is 0 Å². The highest BCUT2D eigenvalue weighted by Gasteiger charge is 2.30. The predicted molar refractivity (Wildman–Crippen MR) is 86.5 cm³/mol. The lowest BCUT2D eigenvalue weighted by atomic mass is 9.90. The summed E-state index contributed by atoms with van der Waals surface area (Å²) in [5.74, 6) is 0.726. The van der Waals surface area contributed by atoms with Crippen LogP contribution in [0.1, 0.15) is 37.7 Å². The quantitative estimate of drug-likeness (QED) is 0.835. The maximum absolute atomic E-state index is 12.2. The van der Waals surface area contributed by atoms with Crippen molar-refractivity contribution >= 4 is 28.8 Å². The van der Waals surface area contributed by atoms with Gasteiger partial charge in [0.2, 0.25) is 5.90 Å². The molecule has 0 unspecified atom stereocenters. The smallest absolute Gasteiger partial charge is 0.299 e. The number of hydrogen-bond acceptors (Lipinski definition) is 3. The van der Waals surface area contributed by atoms with Crippen LogP contribution >= 0.6 is 0 Å². The van der Waals surface area contributed by atoms with E-state index in [0.29, 0.717) is 24.1 Å². The van der Waals surface area contributed by atoms with E-state index >= 15 is 0 Å². The van der Waals surface area contributed by atoms with Gasteiger partial charge in [-0.3, -0.25) is 4.79 Å². The van der Waals surface area contributed by atoms with E-state index in [-0.39, 0.29) is 5.91 Å². The molecule has 4 heteroatoms. The highest BCUT2D eigenvalue weighted by atomic mass is 16.5. The van der Waals surface area contributed by atoms with Gasteiger partial charge in [-0.2, -0.15) is 4.99 Å². The van der Waals surface area contributed by atoms with Gasteiger partial charge >= 0.3 is 0 Å². The lowest BCUT2D eigenvalue weighted by Crippen LogP contribution is -2.22. The molecule has 0 bridgehead atoms. The minimum absolute atomic E-state index is 0.299. The minimum atomic E-state index is -0.299. The molecular weight excluding hydrogens is 276 g/mol. The van der Waals surface area contributed by atoms with Crippen LogP contribution in [0.3, 0.4) is 0 Å². The zero-order valence-corrected chi connectivity index (χ0v) is 12.4. The predicted octanol–water partition coefficient (Wildman–Crippen LogP) is 3.69. The first-order valence-electron chi connectivity index (χ1n) is 7.97. The Labute approximate surface area is 129 Å². The molecule has 0 N–H and O–H groups in total. The second kappa shape index (κ2) is 5.52. The summed E-state index contributed by atoms with van der Waals surface area (Å²) in [6.45, 7) is 0.657. The Bertz CT molecular complexity index is 710. The number of hydrogen-bond donors (Lipinski definition) is 0. The molecule has 1 amide bonds. The molecule has 4 rings (SSSR count). The highest BCUT2D eigenvalue weighted by molar-refractivity contribution is 6.61. The molecule has 1 aromatic rings. The molecule has 1 aliphatic carbocycles. The molecule has 1 aromatic carbocycles. The van der Waals surface area contributed by atoms with Gasteiger partial charge in [0.1, 0.15) is 5.71 Å². The molecule has 4 nitrogen and oxygen atoms in total. The average Bonchev–Trinajstić information content (AvgIpc) is 2.94. The Kier molecular flexibility index (Phi) is 3.37. The number of nitrogens with zero attached hydrogens (tertiary/aromatic N) is 2. The van der Waals surface area contributed by atoms with Crippen LogP contribution in [-0.2, 0) is 9.53 Å². The molecule has 112 valence electrons. The fraction of sp³-hybridized carbons (Fsp3) is 0.389. The molecule has 2 aliphatic heterocycles. The molecule has 0 atom stereocenters. The Morgan fingerprint density at radius 3 is 2.77 bits per heavy atom. The van der Waals surface area contributed by atoms with E-state index in [1.165, 1.54) is 32.1 Å². The fourth-order valence-electron chi connectivity index (χ4n) is 3.36. The molecule has 3 aliphatic rings. The van der Waals surface area contributed by atoms with E-state index in [4.69, 9.17) is 4.74 Å². The van der Waals surface area contributed by atoms with E-state index < -0.39 is 0 Å². The number of carbonyl (C=O) groups excluding carboxylic acids is 1. The van der Waals surface area contributed by atoms with Crippen molar-refractivity contribution in [3.63, 3.8) is 0 Å². The number of amides is 1. The summed E-state index contributed by atoms with van der Waals surface area (Å²) in [6.07, 6.45) is 8.18. The van der Waals surface area contributed by atoms with E-state index in [9.17, 15) is 4.79 Å². The molecule has 0 spiro atoms. The SMILES string of the molecule is O=C1N=C(OCC2CCCCC2)C=C2C1=Nc1ccccc12. The number of carbonyl (C=O) groups is 1. The summed E-state index contributed by atoms with van der Waals surface area (Å²) < 4.78 is 5.81. The van der Waals surface area contributed by atoms with Gasteiger partial charge in [0.05, 0.1) is 12.3 Å². The van der Waals surface area contributed by atoms with Crippen LogP contribution in [0, 0.1) is 5.92 Å². The number of dihydropyridines is 1. The number of aliphatic imine (C=N–C) groups is 2. The summed E-state index contributed by atoms with van der Waals surface area (Å²) in [7, 11) is 0. The van der Waals surface area contributed by atoms with Gasteiger partial charge in [0.25, 0.3) is 5.91 Å². The van der Waals surface area contributed by atoms with Crippen molar-refractivity contribution in [3.8, 4) is 0 Å². The van der Waals surface area contributed by atoms with Gasteiger partial charge in [-0.25, -0.2) is 4.99 Å². The maximum atomic E-state index is 12.2. The Morgan fingerprint density at radius 2 is 1.91 bits per heavy atom. The van der Waals surface area contributed by atoms with Crippen molar-refractivity contribution in [1.82, 2.24) is 0 Å². The first kappa shape index (κ1) is 13.4. The molecule has 22 heavy (non-hydrogen) atoms. The van der Waals surface area contributed by atoms with Crippen LogP contribution in [0.4, 0.5) is 5.69 Å². The lowest BCUT2D eigenvalue weighted by molar-refractivity contribution is -0.111. The van der Waals surface area contributed by atoms with Crippen molar-refractivity contribution in [1.29, 1.82) is 0 Å². The summed E-state index contributed by atoms with van der Waals surface area (Å²) >= 11 is 0. The van der Waals surface area contributed by atoms with Crippen LogP contribution in [0.15, 0.2) is 40.3 Å². The summed E-state index contributed by atoms with van der Waals surface area (Å²) in [6, 6.07) is 7.77. The largest absolute Gasteiger partial charge is 0.477 e. The van der Waals surface area contributed by atoms with Gasteiger partial charge in [-0.05, 0) is 24.8 Å². The van der Waals surface area contributed by atoms with Crippen molar-refractivity contribution in [2.75, 3.05) is 6.61 Å². The van der Waals surface area contributed by atoms with E-state index in [0.717, 1.165) is 16.8 Å². The standard InChI is InChI=1S/C18H18N2O2/c21-18-17-14(13-8-4-5-9-15(13)19-17)10-16(20-18)22-11-12-6-2-1-3-7-12/h4-5,8-10,12H,1-3,6-7,11H2. The number of para-hydroxylation sites is 1. The second-order valence-electron chi connectivity index (χ2n) is 6.11. The first-order chi connectivity index (χ1) is 10.8. The zero-order valence-electron chi connectivity index (χ0n) is 12.4. The highest BCUT2D eigenvalue weighted by Crippen LogP contribution is 2.36. The molecule has 1 fully saturated rings. The summed E-state index contributed by atoms with van der Waals surface area (Å²) in [5.41, 5.74) is 3.10. The van der Waals surface area contributed by atoms with Crippen LogP contribution in [0.5, 0.6) is 0 Å². The van der Waals surface area contributed by atoms with Crippen molar-refractivity contribution < 1.29 is 9.53 Å². The summed E-state index contributed by atoms with van der Waals surface area (Å²) in [4.78, 5) is 20.6. The van der Waals surface area contributed by atoms with Gasteiger partial charge < -0.3 is 4.74 Å².